The number of likely N-dealkylation sites (tertiary alicyclic amines) is 1. The Balaban J connectivity index is 1.04. The fourth-order valence-electron chi connectivity index (χ4n) is 9.07. The molecule has 2 aromatic rings. The lowest BCUT2D eigenvalue weighted by Gasteiger charge is -2.37. The summed E-state index contributed by atoms with van der Waals surface area (Å²) in [5.41, 5.74) is -0.865. The first-order valence-corrected chi connectivity index (χ1v) is 23.1. The van der Waals surface area contributed by atoms with Crippen LogP contribution in [-0.4, -0.2) is 112 Å². The number of fused-ring (bicyclic) bond motifs is 2. The van der Waals surface area contributed by atoms with Gasteiger partial charge in [-0.15, -0.1) is 6.58 Å². The van der Waals surface area contributed by atoms with E-state index in [1.54, 1.807) is 20.8 Å². The number of ether oxygens (including phenoxy) is 3. The van der Waals surface area contributed by atoms with Crippen molar-refractivity contribution in [2.24, 2.45) is 17.3 Å². The number of nitrogens with one attached hydrogen (secondary N) is 4. The molecule has 4 N–H and O–H groups in total. The van der Waals surface area contributed by atoms with Gasteiger partial charge in [-0.3, -0.25) is 38.6 Å². The summed E-state index contributed by atoms with van der Waals surface area (Å²) >= 11 is 0. The molecule has 19 nitrogen and oxygen atoms in total. The van der Waals surface area contributed by atoms with Crippen LogP contribution in [0.25, 0.3) is 0 Å². The molecule has 8 rings (SSSR count). The molecule has 0 radical (unpaired) electrons. The standard InChI is InChI=1S/C43H54N8O11S/c1-5-27-18-43(27,40(56)49-63(58,59)29-11-12-29)48-37(53)31-17-28(62-41(57)50-20-25-15-32-33(61-23-60-32)16-26(25)21-50)22-51(31)39(55)35(42(2,3)4)47-38(54)34(24-9-7-6-8-10-24)46-36(52)30-19-44-13-14-45-30/h5,13-16,19,24,27-29,31,34-35H,1,6-12,17-18,20-23H2,2-4H3,(H,46,52)(H,47,54)(H,48,53)(H,49,56)/t27-,28+,31-,34-,35+,43-/m0/s1. The number of amides is 6. The molecule has 6 atom stereocenters. The van der Waals surface area contributed by atoms with Gasteiger partial charge in [-0.1, -0.05) is 46.1 Å². The van der Waals surface area contributed by atoms with E-state index in [1.807, 2.05) is 12.1 Å². The fraction of sp³-hybridized carbons (Fsp3) is 0.581. The normalized spacial score (nSPS) is 25.0. The maximum absolute atomic E-state index is 15.0. The topological polar surface area (TPSA) is 245 Å². The number of hydrogen-bond donors (Lipinski definition) is 4. The first kappa shape index (κ1) is 43.8. The van der Waals surface area contributed by atoms with Crippen molar-refractivity contribution in [3.05, 3.63) is 60.2 Å². The zero-order chi connectivity index (χ0) is 44.8. The minimum Gasteiger partial charge on any atom is -0.454 e. The van der Waals surface area contributed by atoms with Crippen LogP contribution in [0.15, 0.2) is 43.4 Å². The maximum atomic E-state index is 15.0. The summed E-state index contributed by atoms with van der Waals surface area (Å²) < 4.78 is 44.8. The van der Waals surface area contributed by atoms with E-state index in [0.29, 0.717) is 37.2 Å². The molecule has 3 saturated carbocycles. The van der Waals surface area contributed by atoms with Gasteiger partial charge in [-0.2, -0.15) is 0 Å². The van der Waals surface area contributed by atoms with E-state index in [2.05, 4.69) is 37.2 Å². The Labute approximate surface area is 365 Å². The molecule has 20 heteroatoms. The SMILES string of the molecule is C=C[C@H]1C[C@@]1(NC(=O)[C@@H]1C[C@@H](OC(=O)N2Cc3cc4c(cc3C2)OCO4)CN1C(=O)[C@@H](NC(=O)[C@@H](NC(=O)c1cnccn1)C1CCCCC1)C(C)(C)C)C(=O)NS(=O)(=O)C1CC1. The van der Waals surface area contributed by atoms with Crippen LogP contribution in [0.1, 0.15) is 100 Å². The number of benzene rings is 1. The van der Waals surface area contributed by atoms with Crippen LogP contribution in [0.3, 0.4) is 0 Å². The van der Waals surface area contributed by atoms with Crippen LogP contribution in [0, 0.1) is 17.3 Å². The Morgan fingerprint density at radius 2 is 1.65 bits per heavy atom. The molecule has 0 spiro atoms. The number of sulfonamides is 1. The Bertz CT molecular complexity index is 2260. The zero-order valence-electron chi connectivity index (χ0n) is 35.6. The van der Waals surface area contributed by atoms with Gasteiger partial charge in [-0.05, 0) is 66.7 Å². The van der Waals surface area contributed by atoms with Crippen molar-refractivity contribution >= 4 is 45.7 Å². The second kappa shape index (κ2) is 17.1. The molecule has 1 aromatic carbocycles. The Kier molecular flexibility index (Phi) is 11.9. The first-order chi connectivity index (χ1) is 30.0. The van der Waals surface area contributed by atoms with Gasteiger partial charge in [0.2, 0.25) is 34.5 Å². The summed E-state index contributed by atoms with van der Waals surface area (Å²) in [6, 6.07) is 0.0448. The molecule has 0 bridgehead atoms. The number of rotatable bonds is 13. The van der Waals surface area contributed by atoms with Crippen LogP contribution in [-0.2, 0) is 47.0 Å². The smallest absolute Gasteiger partial charge is 0.410 e. The molecular weight excluding hydrogens is 837 g/mol. The van der Waals surface area contributed by atoms with Gasteiger partial charge in [0.05, 0.1) is 18.0 Å². The molecule has 4 fully saturated rings. The quantitative estimate of drug-likeness (QED) is 0.211. The van der Waals surface area contributed by atoms with E-state index in [9.17, 15) is 32.4 Å². The minimum absolute atomic E-state index is 0.0246. The molecule has 6 amide bonds. The maximum Gasteiger partial charge on any atom is 0.410 e. The van der Waals surface area contributed by atoms with Gasteiger partial charge in [-0.25, -0.2) is 18.2 Å². The first-order valence-electron chi connectivity index (χ1n) is 21.5. The minimum atomic E-state index is -3.97. The Hall–Kier alpha value is -5.79. The van der Waals surface area contributed by atoms with E-state index < -0.39 is 92.0 Å². The molecule has 63 heavy (non-hydrogen) atoms. The van der Waals surface area contributed by atoms with Crippen molar-refractivity contribution in [1.29, 1.82) is 0 Å². The van der Waals surface area contributed by atoms with E-state index in [4.69, 9.17) is 14.2 Å². The average molecular weight is 891 g/mol. The highest BCUT2D eigenvalue weighted by molar-refractivity contribution is 7.91. The highest BCUT2D eigenvalue weighted by Gasteiger charge is 2.62. The third kappa shape index (κ3) is 9.17. The van der Waals surface area contributed by atoms with Crippen LogP contribution < -0.4 is 30.1 Å². The number of nitrogens with zero attached hydrogens (tertiary/aromatic N) is 4. The highest BCUT2D eigenvalue weighted by Crippen LogP contribution is 2.46. The molecule has 6 aliphatic rings. The number of carbonyl (C=O) groups excluding carboxylic acids is 6. The molecular formula is C43H54N8O11S. The predicted molar refractivity (Wildman–Crippen MR) is 223 cm³/mol. The monoisotopic (exact) mass is 890 g/mol. The molecule has 4 heterocycles. The lowest BCUT2D eigenvalue weighted by molar-refractivity contribution is -0.145. The van der Waals surface area contributed by atoms with E-state index >= 15 is 4.79 Å². The predicted octanol–water partition coefficient (Wildman–Crippen LogP) is 2.21. The zero-order valence-corrected chi connectivity index (χ0v) is 36.4. The average Bonchev–Trinajstić information content (AvgIpc) is 4.08. The molecule has 3 aliphatic carbocycles. The fourth-order valence-corrected chi connectivity index (χ4v) is 10.4. The lowest BCUT2D eigenvalue weighted by atomic mass is 9.82. The van der Waals surface area contributed by atoms with Crippen LogP contribution in [0.2, 0.25) is 0 Å². The van der Waals surface area contributed by atoms with Crippen molar-refractivity contribution in [1.82, 2.24) is 40.4 Å². The van der Waals surface area contributed by atoms with Gasteiger partial charge < -0.3 is 35.1 Å². The van der Waals surface area contributed by atoms with Crippen molar-refractivity contribution < 1.29 is 51.4 Å². The largest absolute Gasteiger partial charge is 0.454 e. The Morgan fingerprint density at radius 3 is 2.24 bits per heavy atom. The second-order valence-electron chi connectivity index (χ2n) is 18.5. The third-order valence-electron chi connectivity index (χ3n) is 12.9. The van der Waals surface area contributed by atoms with Gasteiger partial charge in [0.25, 0.3) is 11.8 Å². The molecule has 1 saturated heterocycles. The summed E-state index contributed by atoms with van der Waals surface area (Å²) in [5, 5.41) is 7.83. The van der Waals surface area contributed by atoms with E-state index in [0.717, 1.165) is 30.4 Å². The number of hydrogen-bond acceptors (Lipinski definition) is 13. The Morgan fingerprint density at radius 1 is 0.968 bits per heavy atom. The molecule has 3 aliphatic heterocycles. The lowest BCUT2D eigenvalue weighted by Crippen LogP contribution is -2.62. The second-order valence-corrected chi connectivity index (χ2v) is 20.5. The van der Waals surface area contributed by atoms with Gasteiger partial charge in [0, 0.05) is 37.8 Å². The number of aromatic nitrogens is 2. The summed E-state index contributed by atoms with van der Waals surface area (Å²) in [7, 11) is -3.97. The van der Waals surface area contributed by atoms with Gasteiger partial charge in [0.15, 0.2) is 11.5 Å². The summed E-state index contributed by atoms with van der Waals surface area (Å²) in [5.74, 6) is -3.21. The summed E-state index contributed by atoms with van der Waals surface area (Å²) in [6.07, 6.45) is 8.66. The molecule has 338 valence electrons. The third-order valence-corrected chi connectivity index (χ3v) is 14.7. The molecule has 1 aromatic heterocycles. The van der Waals surface area contributed by atoms with Crippen LogP contribution in [0.4, 0.5) is 4.79 Å². The van der Waals surface area contributed by atoms with Crippen molar-refractivity contribution in [2.75, 3.05) is 13.3 Å². The number of carbonyl (C=O) groups is 6. The summed E-state index contributed by atoms with van der Waals surface area (Å²) in [4.78, 5) is 95.5. The van der Waals surface area contributed by atoms with Crippen LogP contribution >= 0.6 is 0 Å². The van der Waals surface area contributed by atoms with Crippen LogP contribution in [0.5, 0.6) is 11.5 Å². The van der Waals surface area contributed by atoms with E-state index in [-0.39, 0.29) is 50.9 Å². The molecule has 0 unspecified atom stereocenters. The van der Waals surface area contributed by atoms with Crippen molar-refractivity contribution in [3.8, 4) is 11.5 Å². The highest BCUT2D eigenvalue weighted by atomic mass is 32.2. The summed E-state index contributed by atoms with van der Waals surface area (Å²) in [6.45, 7) is 9.35. The van der Waals surface area contributed by atoms with Gasteiger partial charge in [0.1, 0.15) is 35.5 Å². The van der Waals surface area contributed by atoms with Crippen molar-refractivity contribution in [2.45, 2.75) is 127 Å². The van der Waals surface area contributed by atoms with E-state index in [1.165, 1.54) is 34.5 Å². The van der Waals surface area contributed by atoms with Crippen molar-refractivity contribution in [3.63, 3.8) is 0 Å². The van der Waals surface area contributed by atoms with Gasteiger partial charge >= 0.3 is 6.09 Å².